The number of rotatable bonds is 4. The molecule has 2 heterocycles. The molecular formula is C25H20ClNO4. The summed E-state index contributed by atoms with van der Waals surface area (Å²) in [6, 6.07) is 20.8. The monoisotopic (exact) mass is 433 g/mol. The maximum Gasteiger partial charge on any atom is 0.336 e. The van der Waals surface area contributed by atoms with Gasteiger partial charge in [0.25, 0.3) is 0 Å². The molecule has 0 saturated carbocycles. The topological polar surface area (TPSA) is 51.9 Å². The molecule has 0 fully saturated rings. The summed E-state index contributed by atoms with van der Waals surface area (Å²) in [6.07, 6.45) is 0.713. The average Bonchev–Trinajstić information content (AvgIpc) is 2.80. The van der Waals surface area contributed by atoms with Gasteiger partial charge in [-0.3, -0.25) is 0 Å². The Labute approximate surface area is 184 Å². The van der Waals surface area contributed by atoms with E-state index < -0.39 is 0 Å². The van der Waals surface area contributed by atoms with Crippen LogP contribution in [0, 0.1) is 0 Å². The van der Waals surface area contributed by atoms with Crippen molar-refractivity contribution in [3.63, 3.8) is 0 Å². The van der Waals surface area contributed by atoms with Crippen LogP contribution in [0.1, 0.15) is 18.1 Å². The number of hydrogen-bond acceptors (Lipinski definition) is 5. The van der Waals surface area contributed by atoms with E-state index in [9.17, 15) is 4.79 Å². The van der Waals surface area contributed by atoms with Gasteiger partial charge in [0, 0.05) is 17.1 Å². The molecule has 0 atom stereocenters. The van der Waals surface area contributed by atoms with E-state index in [0.29, 0.717) is 36.1 Å². The molecule has 156 valence electrons. The molecule has 1 aliphatic heterocycles. The van der Waals surface area contributed by atoms with Crippen molar-refractivity contribution in [3.8, 4) is 17.2 Å². The van der Waals surface area contributed by atoms with Gasteiger partial charge in [0.2, 0.25) is 0 Å². The zero-order valence-electron chi connectivity index (χ0n) is 16.9. The lowest BCUT2D eigenvalue weighted by molar-refractivity contribution is 0.289. The molecule has 0 N–H and O–H groups in total. The van der Waals surface area contributed by atoms with E-state index in [-0.39, 0.29) is 5.63 Å². The summed E-state index contributed by atoms with van der Waals surface area (Å²) in [4.78, 5) is 14.2. The average molecular weight is 434 g/mol. The first-order valence-electron chi connectivity index (χ1n) is 10.1. The van der Waals surface area contributed by atoms with Crippen LogP contribution in [-0.2, 0) is 13.0 Å². The van der Waals surface area contributed by atoms with Crippen molar-refractivity contribution in [1.82, 2.24) is 0 Å². The summed E-state index contributed by atoms with van der Waals surface area (Å²) in [7, 11) is 0. The fraction of sp³-hybridized carbons (Fsp3) is 0.160. The molecule has 4 aromatic rings. The Morgan fingerprint density at radius 1 is 1.03 bits per heavy atom. The quantitative estimate of drug-likeness (QED) is 0.361. The second-order valence-corrected chi connectivity index (χ2v) is 7.77. The number of hydrogen-bond donors (Lipinski definition) is 0. The molecule has 5 nitrogen and oxygen atoms in total. The molecule has 0 unspecified atom stereocenters. The van der Waals surface area contributed by atoms with Crippen LogP contribution in [0.15, 0.2) is 75.9 Å². The van der Waals surface area contributed by atoms with E-state index in [1.807, 2.05) is 67.6 Å². The van der Waals surface area contributed by atoms with Crippen molar-refractivity contribution in [3.05, 3.63) is 93.3 Å². The number of benzene rings is 3. The third-order valence-electron chi connectivity index (χ3n) is 5.40. The third kappa shape index (κ3) is 3.73. The van der Waals surface area contributed by atoms with Crippen LogP contribution in [0.5, 0.6) is 17.2 Å². The van der Waals surface area contributed by atoms with E-state index in [1.165, 1.54) is 6.07 Å². The Balaban J connectivity index is 1.47. The summed E-state index contributed by atoms with van der Waals surface area (Å²) in [5, 5.41) is 1.38. The summed E-state index contributed by atoms with van der Waals surface area (Å²) in [5.74, 6) is 2.11. The zero-order valence-corrected chi connectivity index (χ0v) is 17.7. The molecule has 0 spiro atoms. The van der Waals surface area contributed by atoms with Gasteiger partial charge in [-0.1, -0.05) is 36.7 Å². The Morgan fingerprint density at radius 2 is 1.77 bits per heavy atom. The van der Waals surface area contributed by atoms with E-state index in [0.717, 1.165) is 33.7 Å². The van der Waals surface area contributed by atoms with Gasteiger partial charge in [-0.15, -0.1) is 0 Å². The second kappa shape index (κ2) is 8.00. The Morgan fingerprint density at radius 3 is 2.52 bits per heavy atom. The molecule has 1 aliphatic rings. The number of aryl methyl sites for hydroxylation is 1. The first-order valence-corrected chi connectivity index (χ1v) is 10.5. The molecule has 0 bridgehead atoms. The lowest BCUT2D eigenvalue weighted by atomic mass is 10.0. The SMILES string of the molecule is CCc1cc(=O)oc2c3c(c(Cl)cc12)OCN(c1ccc(Oc2ccccc2)cc1)C3. The van der Waals surface area contributed by atoms with Crippen molar-refractivity contribution < 1.29 is 13.9 Å². The van der Waals surface area contributed by atoms with Gasteiger partial charge < -0.3 is 18.8 Å². The minimum atomic E-state index is -0.367. The maximum absolute atomic E-state index is 12.1. The van der Waals surface area contributed by atoms with Crippen molar-refractivity contribution in [2.75, 3.05) is 11.6 Å². The first-order chi connectivity index (χ1) is 15.1. The lowest BCUT2D eigenvalue weighted by Crippen LogP contribution is -2.32. The van der Waals surface area contributed by atoms with Gasteiger partial charge in [-0.25, -0.2) is 4.79 Å². The highest BCUT2D eigenvalue weighted by atomic mass is 35.5. The Bertz CT molecular complexity index is 1300. The minimum absolute atomic E-state index is 0.342. The number of ether oxygens (including phenoxy) is 2. The number of halogens is 1. The van der Waals surface area contributed by atoms with Crippen LogP contribution in [0.4, 0.5) is 5.69 Å². The van der Waals surface area contributed by atoms with Crippen molar-refractivity contribution in [1.29, 1.82) is 0 Å². The molecule has 0 amide bonds. The van der Waals surface area contributed by atoms with E-state index >= 15 is 0 Å². The van der Waals surface area contributed by atoms with Crippen LogP contribution in [0.25, 0.3) is 11.0 Å². The van der Waals surface area contributed by atoms with Gasteiger partial charge in [-0.2, -0.15) is 0 Å². The van der Waals surface area contributed by atoms with Gasteiger partial charge in [0.15, 0.2) is 6.73 Å². The largest absolute Gasteiger partial charge is 0.471 e. The predicted molar refractivity (Wildman–Crippen MR) is 122 cm³/mol. The maximum atomic E-state index is 12.1. The zero-order chi connectivity index (χ0) is 21.4. The minimum Gasteiger partial charge on any atom is -0.471 e. The molecule has 1 aromatic heterocycles. The number of nitrogens with zero attached hydrogens (tertiary/aromatic N) is 1. The van der Waals surface area contributed by atoms with Crippen molar-refractivity contribution in [2.24, 2.45) is 0 Å². The fourth-order valence-electron chi connectivity index (χ4n) is 3.86. The summed E-state index contributed by atoms with van der Waals surface area (Å²) in [6.45, 7) is 2.86. The molecule has 3 aromatic carbocycles. The number of para-hydroxylation sites is 1. The molecular weight excluding hydrogens is 414 g/mol. The summed E-state index contributed by atoms with van der Waals surface area (Å²) in [5.41, 5.74) is 2.83. The third-order valence-corrected chi connectivity index (χ3v) is 5.68. The van der Waals surface area contributed by atoms with Crippen molar-refractivity contribution >= 4 is 28.3 Å². The van der Waals surface area contributed by atoms with Gasteiger partial charge >= 0.3 is 5.63 Å². The molecule has 0 aliphatic carbocycles. The van der Waals surface area contributed by atoms with Crippen molar-refractivity contribution in [2.45, 2.75) is 19.9 Å². The van der Waals surface area contributed by atoms with Crippen LogP contribution < -0.4 is 20.0 Å². The molecule has 6 heteroatoms. The van der Waals surface area contributed by atoms with Gasteiger partial charge in [0.05, 0.1) is 17.1 Å². The highest BCUT2D eigenvalue weighted by Crippen LogP contribution is 2.40. The lowest BCUT2D eigenvalue weighted by Gasteiger charge is -2.31. The molecule has 0 radical (unpaired) electrons. The van der Waals surface area contributed by atoms with E-state index in [4.69, 9.17) is 25.5 Å². The smallest absolute Gasteiger partial charge is 0.336 e. The first kappa shape index (κ1) is 19.5. The molecule has 0 saturated heterocycles. The Kier molecular flexibility index (Phi) is 5.04. The van der Waals surface area contributed by atoms with Crippen LogP contribution in [0.2, 0.25) is 5.02 Å². The van der Waals surface area contributed by atoms with E-state index in [1.54, 1.807) is 0 Å². The fourth-order valence-corrected chi connectivity index (χ4v) is 4.14. The normalized spacial score (nSPS) is 13.0. The van der Waals surface area contributed by atoms with Crippen LogP contribution in [-0.4, -0.2) is 6.73 Å². The highest BCUT2D eigenvalue weighted by Gasteiger charge is 2.25. The van der Waals surface area contributed by atoms with Gasteiger partial charge in [0.1, 0.15) is 22.8 Å². The molecule has 31 heavy (non-hydrogen) atoms. The Hall–Kier alpha value is -3.44. The number of anilines is 1. The second-order valence-electron chi connectivity index (χ2n) is 7.37. The van der Waals surface area contributed by atoms with Gasteiger partial charge in [-0.05, 0) is 54.4 Å². The van der Waals surface area contributed by atoms with Crippen LogP contribution in [0.3, 0.4) is 0 Å². The predicted octanol–water partition coefficient (Wildman–Crippen LogP) is 6.16. The standard InChI is InChI=1S/C25H20ClNO4/c1-2-16-12-23(28)31-24-20(16)13-22(26)25-21(24)14-27(15-29-25)17-8-10-19(11-9-17)30-18-6-4-3-5-7-18/h3-13H,2,14-15H2,1H3. The molecule has 5 rings (SSSR count). The highest BCUT2D eigenvalue weighted by molar-refractivity contribution is 6.33. The van der Waals surface area contributed by atoms with E-state index in [2.05, 4.69) is 4.90 Å². The number of fused-ring (bicyclic) bond motifs is 3. The summed E-state index contributed by atoms with van der Waals surface area (Å²) < 4.78 is 17.4. The summed E-state index contributed by atoms with van der Waals surface area (Å²) >= 11 is 6.50. The van der Waals surface area contributed by atoms with Crippen LogP contribution >= 0.6 is 11.6 Å².